The number of para-hydroxylation sites is 1. The van der Waals surface area contributed by atoms with Gasteiger partial charge in [-0.2, -0.15) is 0 Å². The minimum Gasteiger partial charge on any atom is -0.349 e. The maximum Gasteiger partial charge on any atom is 0.251 e. The molecule has 3 aromatic carbocycles. The van der Waals surface area contributed by atoms with Gasteiger partial charge in [0.25, 0.3) is 5.91 Å². The number of carbonyl (C=O) groups is 1. The van der Waals surface area contributed by atoms with E-state index in [4.69, 9.17) is 0 Å². The van der Waals surface area contributed by atoms with Gasteiger partial charge >= 0.3 is 0 Å². The zero-order valence-corrected chi connectivity index (χ0v) is 19.8. The topological polar surface area (TPSA) is 42.0 Å². The van der Waals surface area contributed by atoms with Crippen molar-refractivity contribution in [2.45, 2.75) is 51.0 Å². The molecule has 1 amide bonds. The summed E-state index contributed by atoms with van der Waals surface area (Å²) in [5.74, 6) is 1.13. The van der Waals surface area contributed by atoms with Gasteiger partial charge in [0.05, 0.1) is 5.52 Å². The Kier molecular flexibility index (Phi) is 6.71. The van der Waals surface area contributed by atoms with Gasteiger partial charge in [0, 0.05) is 23.2 Å². The number of nitrogens with zero attached hydrogens (tertiary/aromatic N) is 1. The molecule has 0 unspecified atom stereocenters. The van der Waals surface area contributed by atoms with Gasteiger partial charge in [0.15, 0.2) is 0 Å². The Labute approximate surface area is 202 Å². The lowest BCUT2D eigenvalue weighted by Gasteiger charge is -2.34. The first-order valence-electron chi connectivity index (χ1n) is 12.5. The molecule has 1 aromatic heterocycles. The van der Waals surface area contributed by atoms with Gasteiger partial charge < -0.3 is 5.32 Å². The van der Waals surface area contributed by atoms with Crippen molar-refractivity contribution in [3.8, 4) is 11.1 Å². The summed E-state index contributed by atoms with van der Waals surface area (Å²) in [6.07, 6.45) is 7.62. The zero-order valence-electron chi connectivity index (χ0n) is 19.8. The van der Waals surface area contributed by atoms with Crippen LogP contribution in [0, 0.1) is 5.92 Å². The van der Waals surface area contributed by atoms with E-state index in [1.807, 2.05) is 48.5 Å². The van der Waals surface area contributed by atoms with Gasteiger partial charge in [-0.25, -0.2) is 0 Å². The molecule has 1 fully saturated rings. The molecule has 1 saturated carbocycles. The van der Waals surface area contributed by atoms with Gasteiger partial charge in [-0.3, -0.25) is 9.78 Å². The van der Waals surface area contributed by atoms with E-state index < -0.39 is 0 Å². The second-order valence-electron chi connectivity index (χ2n) is 9.50. The Morgan fingerprint density at radius 2 is 1.56 bits per heavy atom. The molecule has 0 radical (unpaired) electrons. The number of aromatic nitrogens is 1. The Hall–Kier alpha value is -3.46. The fourth-order valence-electron chi connectivity index (χ4n) is 5.42. The average molecular weight is 449 g/mol. The molecule has 0 spiro atoms. The maximum atomic E-state index is 13.0. The third-order valence-electron chi connectivity index (χ3n) is 7.43. The van der Waals surface area contributed by atoms with Crippen molar-refractivity contribution in [1.82, 2.24) is 10.3 Å². The molecule has 1 aliphatic rings. The average Bonchev–Trinajstić information content (AvgIpc) is 2.92. The normalized spacial score (nSPS) is 19.0. The summed E-state index contributed by atoms with van der Waals surface area (Å²) in [5.41, 5.74) is 5.44. The monoisotopic (exact) mass is 448 g/mol. The molecule has 4 aromatic rings. The van der Waals surface area contributed by atoms with Gasteiger partial charge in [-0.05, 0) is 84.9 Å². The predicted octanol–water partition coefficient (Wildman–Crippen LogP) is 7.38. The summed E-state index contributed by atoms with van der Waals surface area (Å²) in [7, 11) is 0. The van der Waals surface area contributed by atoms with E-state index in [0.29, 0.717) is 11.8 Å². The van der Waals surface area contributed by atoms with Crippen LogP contribution in [-0.2, 0) is 0 Å². The van der Waals surface area contributed by atoms with Crippen LogP contribution in [0.5, 0.6) is 0 Å². The SMILES string of the molecule is CC[C@H](NC(=O)c1ccc(-c2ccccc2)cc1)[C@H]1CC[C@H](c2cnc3ccccc3c2)CC1. The van der Waals surface area contributed by atoms with Gasteiger partial charge in [-0.15, -0.1) is 0 Å². The highest BCUT2D eigenvalue weighted by Gasteiger charge is 2.28. The molecule has 34 heavy (non-hydrogen) atoms. The summed E-state index contributed by atoms with van der Waals surface area (Å²) >= 11 is 0. The van der Waals surface area contributed by atoms with Crippen LogP contribution in [0.25, 0.3) is 22.0 Å². The fourth-order valence-corrected chi connectivity index (χ4v) is 5.42. The number of carbonyl (C=O) groups excluding carboxylic acids is 1. The number of nitrogens with one attached hydrogen (secondary N) is 1. The molecule has 0 aliphatic heterocycles. The molecule has 3 nitrogen and oxygen atoms in total. The van der Waals surface area contributed by atoms with Crippen molar-refractivity contribution in [2.75, 3.05) is 0 Å². The number of rotatable bonds is 6. The third-order valence-corrected chi connectivity index (χ3v) is 7.43. The van der Waals surface area contributed by atoms with Crippen LogP contribution in [0.4, 0.5) is 0 Å². The van der Waals surface area contributed by atoms with E-state index in [9.17, 15) is 4.79 Å². The molecule has 1 N–H and O–H groups in total. The molecule has 1 aliphatic carbocycles. The van der Waals surface area contributed by atoms with Gasteiger partial charge in [-0.1, -0.05) is 67.6 Å². The summed E-state index contributed by atoms with van der Waals surface area (Å²) in [6.45, 7) is 2.18. The Morgan fingerprint density at radius 1 is 0.882 bits per heavy atom. The summed E-state index contributed by atoms with van der Waals surface area (Å²) in [4.78, 5) is 17.7. The van der Waals surface area contributed by atoms with E-state index in [1.165, 1.54) is 16.5 Å². The fraction of sp³-hybridized carbons (Fsp3) is 0.290. The quantitative estimate of drug-likeness (QED) is 0.334. The first-order valence-corrected chi connectivity index (χ1v) is 12.5. The summed E-state index contributed by atoms with van der Waals surface area (Å²) in [6, 6.07) is 29.1. The molecular weight excluding hydrogens is 416 g/mol. The number of pyridine rings is 1. The van der Waals surface area contributed by atoms with Crippen LogP contribution in [0.2, 0.25) is 0 Å². The van der Waals surface area contributed by atoms with Crippen LogP contribution < -0.4 is 5.32 Å². The van der Waals surface area contributed by atoms with Crippen LogP contribution in [0.15, 0.2) is 91.1 Å². The molecule has 1 atom stereocenters. The molecular formula is C31H32N2O. The summed E-state index contributed by atoms with van der Waals surface area (Å²) in [5, 5.41) is 4.56. The van der Waals surface area contributed by atoms with Gasteiger partial charge in [0.1, 0.15) is 0 Å². The van der Waals surface area contributed by atoms with Crippen LogP contribution in [-0.4, -0.2) is 16.9 Å². The Balaban J connectivity index is 1.19. The van der Waals surface area contributed by atoms with E-state index in [2.05, 4.69) is 59.8 Å². The summed E-state index contributed by atoms with van der Waals surface area (Å²) < 4.78 is 0. The van der Waals surface area contributed by atoms with E-state index in [1.54, 1.807) is 0 Å². The Morgan fingerprint density at radius 3 is 2.29 bits per heavy atom. The maximum absolute atomic E-state index is 13.0. The van der Waals surface area contributed by atoms with Crippen molar-refractivity contribution >= 4 is 16.8 Å². The standard InChI is InChI=1S/C31H32N2O/c1-2-29(33-31(34)26-18-14-23(15-19-26)22-8-4-3-5-9-22)25-16-12-24(13-17-25)28-20-27-10-6-7-11-30(27)32-21-28/h3-11,14-15,18-21,24-25,29H,2,12-13,16-17H2,1H3,(H,33,34)/t24-,25-,29-/m0/s1. The molecule has 1 heterocycles. The molecule has 0 bridgehead atoms. The zero-order chi connectivity index (χ0) is 23.3. The minimum absolute atomic E-state index is 0.0346. The van der Waals surface area contributed by atoms with Crippen molar-refractivity contribution < 1.29 is 4.79 Å². The van der Waals surface area contributed by atoms with Crippen molar-refractivity contribution in [3.63, 3.8) is 0 Å². The Bertz CT molecular complexity index is 1240. The highest BCUT2D eigenvalue weighted by Crippen LogP contribution is 2.38. The highest BCUT2D eigenvalue weighted by molar-refractivity contribution is 5.94. The minimum atomic E-state index is 0.0346. The largest absolute Gasteiger partial charge is 0.349 e. The van der Waals surface area contributed by atoms with E-state index >= 15 is 0 Å². The second kappa shape index (κ2) is 10.2. The predicted molar refractivity (Wildman–Crippen MR) is 140 cm³/mol. The van der Waals surface area contributed by atoms with Gasteiger partial charge in [0.2, 0.25) is 0 Å². The first-order chi connectivity index (χ1) is 16.7. The number of benzene rings is 3. The number of amides is 1. The molecule has 172 valence electrons. The van der Waals surface area contributed by atoms with Crippen LogP contribution >= 0.6 is 0 Å². The smallest absolute Gasteiger partial charge is 0.251 e. The van der Waals surface area contributed by atoms with Crippen LogP contribution in [0.1, 0.15) is 60.9 Å². The second-order valence-corrected chi connectivity index (χ2v) is 9.50. The lowest BCUT2D eigenvalue weighted by atomic mass is 9.75. The lowest BCUT2D eigenvalue weighted by molar-refractivity contribution is 0.0909. The van der Waals surface area contributed by atoms with Crippen molar-refractivity contribution in [3.05, 3.63) is 102 Å². The number of fused-ring (bicyclic) bond motifs is 1. The van der Waals surface area contributed by atoms with Crippen LogP contribution in [0.3, 0.4) is 0 Å². The lowest BCUT2D eigenvalue weighted by Crippen LogP contribution is -2.41. The molecule has 0 saturated heterocycles. The van der Waals surface area contributed by atoms with E-state index in [-0.39, 0.29) is 11.9 Å². The first kappa shape index (κ1) is 22.3. The van der Waals surface area contributed by atoms with Crippen molar-refractivity contribution in [2.24, 2.45) is 5.92 Å². The van der Waals surface area contributed by atoms with E-state index in [0.717, 1.165) is 48.7 Å². The highest BCUT2D eigenvalue weighted by atomic mass is 16.1. The van der Waals surface area contributed by atoms with Crippen molar-refractivity contribution in [1.29, 1.82) is 0 Å². The third kappa shape index (κ3) is 4.89. The number of hydrogen-bond donors (Lipinski definition) is 1. The number of hydrogen-bond acceptors (Lipinski definition) is 2. The molecule has 3 heteroatoms. The molecule has 5 rings (SSSR count).